The lowest BCUT2D eigenvalue weighted by Crippen LogP contribution is -2.32. The van der Waals surface area contributed by atoms with E-state index in [2.05, 4.69) is 25.0 Å². The van der Waals surface area contributed by atoms with Gasteiger partial charge in [0.25, 0.3) is 5.91 Å². The zero-order valence-electron chi connectivity index (χ0n) is 17.9. The van der Waals surface area contributed by atoms with Gasteiger partial charge < -0.3 is 9.84 Å². The van der Waals surface area contributed by atoms with Crippen LogP contribution in [0.4, 0.5) is 0 Å². The Balaban J connectivity index is 1.42. The van der Waals surface area contributed by atoms with Gasteiger partial charge in [0.2, 0.25) is 5.89 Å². The van der Waals surface area contributed by atoms with Crippen molar-refractivity contribution in [1.82, 2.24) is 25.0 Å². The van der Waals surface area contributed by atoms with Gasteiger partial charge in [-0.2, -0.15) is 4.98 Å². The standard InChI is InChI=1S/C24H25N5O2/c1-14(2)21(24-27-22(28-31-24)16-9-10-16)26-23(30)17-11-12-20-19(13-17)25-15(3)29(20)18-7-5-4-6-8-18/h4-8,11-14,16,21H,9-10H2,1-3H3,(H,26,30). The molecule has 158 valence electrons. The van der Waals surface area contributed by atoms with Crippen LogP contribution in [0.1, 0.15) is 66.5 Å². The van der Waals surface area contributed by atoms with Crippen LogP contribution in [0.2, 0.25) is 0 Å². The summed E-state index contributed by atoms with van der Waals surface area (Å²) in [5, 5.41) is 7.16. The number of nitrogens with zero attached hydrogens (tertiary/aromatic N) is 4. The molecule has 2 aromatic heterocycles. The summed E-state index contributed by atoms with van der Waals surface area (Å²) in [5.74, 6) is 2.43. The van der Waals surface area contributed by atoms with E-state index in [-0.39, 0.29) is 17.9 Å². The second-order valence-electron chi connectivity index (χ2n) is 8.49. The molecule has 0 radical (unpaired) electrons. The molecule has 1 amide bonds. The Morgan fingerprint density at radius 1 is 1.13 bits per heavy atom. The number of rotatable bonds is 6. The molecule has 0 saturated heterocycles. The molecule has 0 aliphatic heterocycles. The molecule has 2 aromatic carbocycles. The molecule has 0 spiro atoms. The maximum Gasteiger partial charge on any atom is 0.252 e. The number of carbonyl (C=O) groups is 1. The van der Waals surface area contributed by atoms with Crippen LogP contribution >= 0.6 is 0 Å². The molecule has 2 heterocycles. The van der Waals surface area contributed by atoms with E-state index in [0.29, 0.717) is 17.4 Å². The summed E-state index contributed by atoms with van der Waals surface area (Å²) in [6.07, 6.45) is 2.21. The minimum Gasteiger partial charge on any atom is -0.340 e. The van der Waals surface area contributed by atoms with E-state index in [1.54, 1.807) is 0 Å². The number of imidazole rings is 1. The van der Waals surface area contributed by atoms with E-state index in [0.717, 1.165) is 41.2 Å². The van der Waals surface area contributed by atoms with Crippen molar-refractivity contribution in [2.45, 2.75) is 45.6 Å². The first-order valence-corrected chi connectivity index (χ1v) is 10.7. The highest BCUT2D eigenvalue weighted by atomic mass is 16.5. The van der Waals surface area contributed by atoms with Crippen molar-refractivity contribution in [2.75, 3.05) is 0 Å². The third-order valence-electron chi connectivity index (χ3n) is 5.72. The molecule has 7 heteroatoms. The first-order valence-electron chi connectivity index (χ1n) is 10.7. The number of nitrogens with one attached hydrogen (secondary N) is 1. The fraction of sp³-hybridized carbons (Fsp3) is 0.333. The zero-order valence-corrected chi connectivity index (χ0v) is 17.9. The summed E-state index contributed by atoms with van der Waals surface area (Å²) in [6, 6.07) is 15.3. The van der Waals surface area contributed by atoms with Crippen LogP contribution < -0.4 is 5.32 Å². The van der Waals surface area contributed by atoms with Gasteiger partial charge in [-0.1, -0.05) is 37.2 Å². The Labute approximate surface area is 180 Å². The fourth-order valence-corrected chi connectivity index (χ4v) is 3.86. The van der Waals surface area contributed by atoms with Crippen LogP contribution in [0, 0.1) is 12.8 Å². The van der Waals surface area contributed by atoms with Crippen molar-refractivity contribution in [3.63, 3.8) is 0 Å². The number of amides is 1. The maximum absolute atomic E-state index is 13.1. The quantitative estimate of drug-likeness (QED) is 0.492. The van der Waals surface area contributed by atoms with Gasteiger partial charge in [-0.05, 0) is 56.0 Å². The lowest BCUT2D eigenvalue weighted by Gasteiger charge is -2.18. The van der Waals surface area contributed by atoms with E-state index >= 15 is 0 Å². The second kappa shape index (κ2) is 7.65. The molecule has 5 rings (SSSR count). The largest absolute Gasteiger partial charge is 0.340 e. The Bertz CT molecular complexity index is 1240. The van der Waals surface area contributed by atoms with Crippen molar-refractivity contribution in [3.8, 4) is 5.69 Å². The topological polar surface area (TPSA) is 85.8 Å². The van der Waals surface area contributed by atoms with E-state index in [1.807, 2.05) is 69.3 Å². The van der Waals surface area contributed by atoms with Gasteiger partial charge in [0.05, 0.1) is 11.0 Å². The van der Waals surface area contributed by atoms with Crippen molar-refractivity contribution < 1.29 is 9.32 Å². The number of carbonyl (C=O) groups excluding carboxylic acids is 1. The summed E-state index contributed by atoms with van der Waals surface area (Å²) < 4.78 is 7.56. The molecule has 1 aliphatic carbocycles. The Hall–Kier alpha value is -3.48. The Kier molecular flexibility index (Phi) is 4.81. The molecule has 1 aliphatic rings. The Morgan fingerprint density at radius 2 is 1.90 bits per heavy atom. The van der Waals surface area contributed by atoms with Gasteiger partial charge >= 0.3 is 0 Å². The number of para-hydroxylation sites is 1. The third kappa shape index (κ3) is 3.71. The second-order valence-corrected chi connectivity index (χ2v) is 8.49. The number of fused-ring (bicyclic) bond motifs is 1. The smallest absolute Gasteiger partial charge is 0.252 e. The number of hydrogen-bond acceptors (Lipinski definition) is 5. The normalized spacial score (nSPS) is 14.8. The van der Waals surface area contributed by atoms with Gasteiger partial charge in [-0.25, -0.2) is 4.98 Å². The molecule has 4 aromatic rings. The summed E-state index contributed by atoms with van der Waals surface area (Å²) in [7, 11) is 0. The lowest BCUT2D eigenvalue weighted by atomic mass is 10.0. The number of aromatic nitrogens is 4. The average molecular weight is 415 g/mol. The van der Waals surface area contributed by atoms with Gasteiger partial charge in [-0.3, -0.25) is 9.36 Å². The van der Waals surface area contributed by atoms with Gasteiger partial charge in [-0.15, -0.1) is 0 Å². The van der Waals surface area contributed by atoms with Crippen LogP contribution in [-0.4, -0.2) is 25.6 Å². The number of benzene rings is 2. The highest BCUT2D eigenvalue weighted by Gasteiger charge is 2.31. The van der Waals surface area contributed by atoms with E-state index < -0.39 is 0 Å². The molecule has 1 N–H and O–H groups in total. The van der Waals surface area contributed by atoms with Crippen LogP contribution in [0.25, 0.3) is 16.7 Å². The minimum absolute atomic E-state index is 0.111. The maximum atomic E-state index is 13.1. The van der Waals surface area contributed by atoms with Crippen molar-refractivity contribution in [1.29, 1.82) is 0 Å². The molecule has 31 heavy (non-hydrogen) atoms. The average Bonchev–Trinajstić information content (AvgIpc) is 3.40. The van der Waals surface area contributed by atoms with Crippen LogP contribution in [0.15, 0.2) is 53.1 Å². The molecule has 1 atom stereocenters. The van der Waals surface area contributed by atoms with E-state index in [9.17, 15) is 4.79 Å². The Morgan fingerprint density at radius 3 is 2.61 bits per heavy atom. The van der Waals surface area contributed by atoms with Crippen molar-refractivity contribution >= 4 is 16.9 Å². The first kappa shape index (κ1) is 19.5. The minimum atomic E-state index is -0.341. The third-order valence-corrected chi connectivity index (χ3v) is 5.72. The van der Waals surface area contributed by atoms with Crippen LogP contribution in [0.5, 0.6) is 0 Å². The highest BCUT2D eigenvalue weighted by molar-refractivity contribution is 5.97. The number of aryl methyl sites for hydroxylation is 1. The molecule has 7 nitrogen and oxygen atoms in total. The monoisotopic (exact) mass is 415 g/mol. The zero-order chi connectivity index (χ0) is 21.5. The lowest BCUT2D eigenvalue weighted by molar-refractivity contribution is 0.0914. The number of hydrogen-bond donors (Lipinski definition) is 1. The summed E-state index contributed by atoms with van der Waals surface area (Å²) in [4.78, 5) is 22.3. The molecule has 1 saturated carbocycles. The van der Waals surface area contributed by atoms with Crippen LogP contribution in [0.3, 0.4) is 0 Å². The van der Waals surface area contributed by atoms with Gasteiger partial charge in [0, 0.05) is 17.2 Å². The molecular formula is C24H25N5O2. The molecular weight excluding hydrogens is 390 g/mol. The first-order chi connectivity index (χ1) is 15.0. The van der Waals surface area contributed by atoms with Crippen molar-refractivity contribution in [3.05, 3.63) is 71.6 Å². The van der Waals surface area contributed by atoms with Crippen molar-refractivity contribution in [2.24, 2.45) is 5.92 Å². The van der Waals surface area contributed by atoms with E-state index in [1.165, 1.54) is 0 Å². The summed E-state index contributed by atoms with van der Waals surface area (Å²) in [6.45, 7) is 6.02. The summed E-state index contributed by atoms with van der Waals surface area (Å²) >= 11 is 0. The summed E-state index contributed by atoms with van der Waals surface area (Å²) in [5.41, 5.74) is 3.34. The molecule has 1 unspecified atom stereocenters. The predicted molar refractivity (Wildman–Crippen MR) is 117 cm³/mol. The van der Waals surface area contributed by atoms with Crippen LogP contribution in [-0.2, 0) is 0 Å². The molecule has 0 bridgehead atoms. The predicted octanol–water partition coefficient (Wildman–Crippen LogP) is 4.72. The SMILES string of the molecule is Cc1nc2cc(C(=O)NC(c3nc(C4CC4)no3)C(C)C)ccc2n1-c1ccccc1. The van der Waals surface area contributed by atoms with E-state index in [4.69, 9.17) is 4.52 Å². The van der Waals surface area contributed by atoms with Gasteiger partial charge in [0.15, 0.2) is 5.82 Å². The fourth-order valence-electron chi connectivity index (χ4n) is 3.86. The van der Waals surface area contributed by atoms with Gasteiger partial charge in [0.1, 0.15) is 11.9 Å². The highest BCUT2D eigenvalue weighted by Crippen LogP contribution is 2.38. The molecule has 1 fully saturated rings.